The van der Waals surface area contributed by atoms with Crippen LogP contribution in [-0.4, -0.2) is 23.6 Å². The predicted octanol–water partition coefficient (Wildman–Crippen LogP) is 6.14. The molecule has 0 saturated carbocycles. The number of hydrogen-bond acceptors (Lipinski definition) is 4. The molecule has 4 nitrogen and oxygen atoms in total. The third kappa shape index (κ3) is 7.86. The van der Waals surface area contributed by atoms with Gasteiger partial charge in [0, 0.05) is 31.6 Å². The Balaban J connectivity index is 2.20. The Morgan fingerprint density at radius 3 is 2.00 bits per heavy atom. The molecule has 2 rings (SSSR count). The number of aldehydes is 1. The van der Waals surface area contributed by atoms with Gasteiger partial charge in [0.15, 0.2) is 5.78 Å². The molecule has 0 aromatic heterocycles. The minimum Gasteiger partial charge on any atom is -0.302 e. The fourth-order valence-corrected chi connectivity index (χ4v) is 4.81. The number of rotatable bonds is 17. The summed E-state index contributed by atoms with van der Waals surface area (Å²) in [5, 5.41) is 0. The SMILES string of the molecule is CCCC(=O)CCCC(C=O)(C(=O)Cc1ccccc1)C(CC)C(=O)CCCc1ccccc1. The molecule has 34 heavy (non-hydrogen) atoms. The summed E-state index contributed by atoms with van der Waals surface area (Å²) in [4.78, 5) is 51.6. The fraction of sp³-hybridized carbons (Fsp3) is 0.467. The van der Waals surface area contributed by atoms with Crippen LogP contribution >= 0.6 is 0 Å². The molecule has 0 fully saturated rings. The second kappa shape index (κ2) is 14.4. The van der Waals surface area contributed by atoms with E-state index in [0.29, 0.717) is 44.8 Å². The zero-order chi connectivity index (χ0) is 24.8. The van der Waals surface area contributed by atoms with Gasteiger partial charge in [-0.2, -0.15) is 0 Å². The van der Waals surface area contributed by atoms with Crippen LogP contribution in [0, 0.1) is 11.3 Å². The maximum Gasteiger partial charge on any atom is 0.151 e. The Labute approximate surface area is 204 Å². The summed E-state index contributed by atoms with van der Waals surface area (Å²) in [5.41, 5.74) is 0.604. The quantitative estimate of drug-likeness (QED) is 0.209. The highest BCUT2D eigenvalue weighted by molar-refractivity contribution is 6.04. The van der Waals surface area contributed by atoms with Gasteiger partial charge in [0.25, 0.3) is 0 Å². The molecule has 0 bridgehead atoms. The van der Waals surface area contributed by atoms with E-state index in [-0.39, 0.29) is 30.2 Å². The highest BCUT2D eigenvalue weighted by Crippen LogP contribution is 2.38. The van der Waals surface area contributed by atoms with Crippen molar-refractivity contribution in [2.75, 3.05) is 0 Å². The molecule has 4 heteroatoms. The maximum absolute atomic E-state index is 13.6. The monoisotopic (exact) mass is 462 g/mol. The Morgan fingerprint density at radius 2 is 1.44 bits per heavy atom. The van der Waals surface area contributed by atoms with E-state index in [9.17, 15) is 19.2 Å². The van der Waals surface area contributed by atoms with Crippen LogP contribution in [0.15, 0.2) is 60.7 Å². The highest BCUT2D eigenvalue weighted by Gasteiger charge is 2.46. The van der Waals surface area contributed by atoms with Crippen LogP contribution in [0.5, 0.6) is 0 Å². The van der Waals surface area contributed by atoms with Crippen LogP contribution < -0.4 is 0 Å². The van der Waals surface area contributed by atoms with Crippen molar-refractivity contribution in [3.63, 3.8) is 0 Å². The Bertz CT molecular complexity index is 919. The summed E-state index contributed by atoms with van der Waals surface area (Å²) in [5.74, 6) is -0.787. The lowest BCUT2D eigenvalue weighted by Crippen LogP contribution is -2.45. The summed E-state index contributed by atoms with van der Waals surface area (Å²) < 4.78 is 0. The van der Waals surface area contributed by atoms with E-state index in [0.717, 1.165) is 18.4 Å². The highest BCUT2D eigenvalue weighted by atomic mass is 16.2. The molecule has 0 saturated heterocycles. The van der Waals surface area contributed by atoms with E-state index in [1.165, 1.54) is 5.56 Å². The molecule has 0 amide bonds. The summed E-state index contributed by atoms with van der Waals surface area (Å²) in [6.07, 6.45) is 5.32. The van der Waals surface area contributed by atoms with E-state index in [1.807, 2.05) is 74.5 Å². The van der Waals surface area contributed by atoms with Gasteiger partial charge in [0.2, 0.25) is 0 Å². The van der Waals surface area contributed by atoms with E-state index < -0.39 is 11.3 Å². The largest absolute Gasteiger partial charge is 0.302 e. The molecule has 182 valence electrons. The van der Waals surface area contributed by atoms with E-state index in [2.05, 4.69) is 0 Å². The Kier molecular flexibility index (Phi) is 11.6. The van der Waals surface area contributed by atoms with Gasteiger partial charge < -0.3 is 4.79 Å². The number of aryl methyl sites for hydroxylation is 1. The van der Waals surface area contributed by atoms with Gasteiger partial charge in [-0.1, -0.05) is 74.5 Å². The Hall–Kier alpha value is -2.88. The van der Waals surface area contributed by atoms with E-state index in [4.69, 9.17) is 0 Å². The first kappa shape index (κ1) is 27.4. The molecule has 0 heterocycles. The van der Waals surface area contributed by atoms with Crippen molar-refractivity contribution in [1.82, 2.24) is 0 Å². The summed E-state index contributed by atoms with van der Waals surface area (Å²) >= 11 is 0. The lowest BCUT2D eigenvalue weighted by molar-refractivity contribution is -0.145. The van der Waals surface area contributed by atoms with Crippen molar-refractivity contribution in [2.45, 2.75) is 78.1 Å². The molecule has 0 radical (unpaired) electrons. The van der Waals surface area contributed by atoms with Crippen molar-refractivity contribution in [3.05, 3.63) is 71.8 Å². The number of carbonyl (C=O) groups excluding carboxylic acids is 4. The minimum atomic E-state index is -1.39. The lowest BCUT2D eigenvalue weighted by Gasteiger charge is -2.34. The number of hydrogen-bond donors (Lipinski definition) is 0. The van der Waals surface area contributed by atoms with Crippen LogP contribution in [0.4, 0.5) is 0 Å². The zero-order valence-corrected chi connectivity index (χ0v) is 20.6. The number of benzene rings is 2. The first-order valence-corrected chi connectivity index (χ1v) is 12.6. The zero-order valence-electron chi connectivity index (χ0n) is 20.6. The van der Waals surface area contributed by atoms with Crippen LogP contribution in [0.3, 0.4) is 0 Å². The molecular formula is C30H38O4. The van der Waals surface area contributed by atoms with Gasteiger partial charge in [-0.05, 0) is 49.7 Å². The molecule has 2 unspecified atom stereocenters. The molecule has 0 aliphatic carbocycles. The number of carbonyl (C=O) groups is 4. The van der Waals surface area contributed by atoms with Gasteiger partial charge in [0.05, 0.1) is 5.41 Å². The third-order valence-corrected chi connectivity index (χ3v) is 6.66. The molecular weight excluding hydrogens is 424 g/mol. The molecule has 0 spiro atoms. The molecule has 2 atom stereocenters. The summed E-state index contributed by atoms with van der Waals surface area (Å²) in [7, 11) is 0. The van der Waals surface area contributed by atoms with Crippen molar-refractivity contribution in [3.8, 4) is 0 Å². The van der Waals surface area contributed by atoms with E-state index >= 15 is 0 Å². The topological polar surface area (TPSA) is 68.3 Å². The standard InChI is InChI=1S/C30H38O4/c1-3-13-26(32)19-12-21-30(23-31,29(34)22-25-16-9-6-10-17-25)27(4-2)28(33)20-11-18-24-14-7-5-8-15-24/h5-10,14-17,23,27H,3-4,11-13,18-22H2,1-2H3. The van der Waals surface area contributed by atoms with Crippen molar-refractivity contribution in [1.29, 1.82) is 0 Å². The molecule has 0 aliphatic rings. The van der Waals surface area contributed by atoms with Crippen molar-refractivity contribution < 1.29 is 19.2 Å². The predicted molar refractivity (Wildman–Crippen MR) is 136 cm³/mol. The average Bonchev–Trinajstić information content (AvgIpc) is 2.85. The summed E-state index contributed by atoms with van der Waals surface area (Å²) in [6.45, 7) is 3.83. The van der Waals surface area contributed by atoms with Crippen LogP contribution in [0.1, 0.15) is 76.3 Å². The van der Waals surface area contributed by atoms with Crippen molar-refractivity contribution >= 4 is 23.6 Å². The normalized spacial score (nSPS) is 13.6. The molecule has 2 aromatic carbocycles. The van der Waals surface area contributed by atoms with Gasteiger partial charge in [-0.3, -0.25) is 14.4 Å². The Morgan fingerprint density at radius 1 is 0.824 bits per heavy atom. The number of ketones is 3. The van der Waals surface area contributed by atoms with Gasteiger partial charge in [-0.25, -0.2) is 0 Å². The molecule has 0 N–H and O–H groups in total. The summed E-state index contributed by atoms with van der Waals surface area (Å²) in [6, 6.07) is 19.3. The minimum absolute atomic E-state index is 0.0353. The second-order valence-electron chi connectivity index (χ2n) is 9.15. The van der Waals surface area contributed by atoms with Crippen LogP contribution in [-0.2, 0) is 32.0 Å². The first-order valence-electron chi connectivity index (χ1n) is 12.6. The second-order valence-corrected chi connectivity index (χ2v) is 9.15. The van der Waals surface area contributed by atoms with Gasteiger partial charge >= 0.3 is 0 Å². The van der Waals surface area contributed by atoms with Crippen molar-refractivity contribution in [2.24, 2.45) is 11.3 Å². The van der Waals surface area contributed by atoms with Crippen LogP contribution in [0.2, 0.25) is 0 Å². The maximum atomic E-state index is 13.6. The smallest absolute Gasteiger partial charge is 0.151 e. The number of Topliss-reactive ketones (excluding diaryl/α,β-unsaturated/α-hetero) is 3. The van der Waals surface area contributed by atoms with E-state index in [1.54, 1.807) is 0 Å². The van der Waals surface area contributed by atoms with Gasteiger partial charge in [0.1, 0.15) is 17.9 Å². The molecule has 2 aromatic rings. The van der Waals surface area contributed by atoms with Gasteiger partial charge in [-0.15, -0.1) is 0 Å². The van der Waals surface area contributed by atoms with Crippen LogP contribution in [0.25, 0.3) is 0 Å². The molecule has 0 aliphatic heterocycles. The fourth-order valence-electron chi connectivity index (χ4n) is 4.81. The third-order valence-electron chi connectivity index (χ3n) is 6.66. The lowest BCUT2D eigenvalue weighted by atomic mass is 9.65. The first-order chi connectivity index (χ1) is 16.5. The average molecular weight is 463 g/mol.